The Morgan fingerprint density at radius 3 is 2.47 bits per heavy atom. The van der Waals surface area contributed by atoms with E-state index in [-0.39, 0.29) is 31.0 Å². The molecule has 0 spiro atoms. The number of carbonyl (C=O) groups is 1. The van der Waals surface area contributed by atoms with Crippen LogP contribution in [-0.4, -0.2) is 98.3 Å². The lowest BCUT2D eigenvalue weighted by Gasteiger charge is -2.46. The van der Waals surface area contributed by atoms with E-state index < -0.39 is 12.0 Å². The molecule has 3 aliphatic rings. The summed E-state index contributed by atoms with van der Waals surface area (Å²) in [6.45, 7) is 4.27. The fraction of sp³-hybridized carbons (Fsp3) is 0.720. The van der Waals surface area contributed by atoms with Crippen molar-refractivity contribution >= 4 is 11.6 Å². The third kappa shape index (κ3) is 6.37. The highest BCUT2D eigenvalue weighted by molar-refractivity contribution is 5.78. The van der Waals surface area contributed by atoms with Crippen molar-refractivity contribution < 1.29 is 23.4 Å². The second kappa shape index (κ2) is 11.2. The number of hydrogen-bond donors (Lipinski definition) is 2. The number of alkyl halides is 2. The van der Waals surface area contributed by atoms with Gasteiger partial charge in [-0.3, -0.25) is 14.6 Å². The van der Waals surface area contributed by atoms with Crippen molar-refractivity contribution in [3.8, 4) is 5.75 Å². The van der Waals surface area contributed by atoms with E-state index in [1.165, 1.54) is 0 Å². The van der Waals surface area contributed by atoms with E-state index in [1.807, 2.05) is 23.1 Å². The van der Waals surface area contributed by atoms with Crippen LogP contribution in [0.15, 0.2) is 24.3 Å². The summed E-state index contributed by atoms with van der Waals surface area (Å²) in [5.41, 5.74) is 1.10. The second-order valence-corrected chi connectivity index (χ2v) is 9.96. The van der Waals surface area contributed by atoms with Crippen molar-refractivity contribution in [2.45, 2.75) is 50.2 Å². The number of anilines is 1. The van der Waals surface area contributed by atoms with Crippen LogP contribution < -0.4 is 15.0 Å². The van der Waals surface area contributed by atoms with Gasteiger partial charge in [-0.25, -0.2) is 8.78 Å². The molecule has 7 nitrogen and oxygen atoms in total. The third-order valence-electron chi connectivity index (χ3n) is 7.50. The number of methoxy groups -OCH3 is 1. The molecule has 0 bridgehead atoms. The minimum absolute atomic E-state index is 0.0324. The molecule has 1 aliphatic carbocycles. The van der Waals surface area contributed by atoms with Crippen molar-refractivity contribution in [3.05, 3.63) is 24.3 Å². The number of amides is 1. The average Bonchev–Trinajstić information content (AvgIpc) is 2.83. The van der Waals surface area contributed by atoms with Gasteiger partial charge in [-0.05, 0) is 44.2 Å². The predicted molar refractivity (Wildman–Crippen MR) is 128 cm³/mol. The van der Waals surface area contributed by atoms with E-state index in [2.05, 4.69) is 21.2 Å². The van der Waals surface area contributed by atoms with Crippen LogP contribution in [0.5, 0.6) is 5.75 Å². The van der Waals surface area contributed by atoms with Gasteiger partial charge in [0.2, 0.25) is 5.91 Å². The van der Waals surface area contributed by atoms with E-state index in [9.17, 15) is 18.7 Å². The Morgan fingerprint density at radius 2 is 1.82 bits per heavy atom. The van der Waals surface area contributed by atoms with Gasteiger partial charge >= 0.3 is 0 Å². The highest BCUT2D eigenvalue weighted by atomic mass is 19.3. The maximum atomic E-state index is 13.1. The molecular weight excluding hydrogens is 442 g/mol. The van der Waals surface area contributed by atoms with E-state index in [0.717, 1.165) is 63.3 Å². The SMILES string of the molecule is COc1ccccc1N1CCN(C[C@H](O)CCNC(=O)C2CCC(N3CC(F)(F)C3)CC2)CC1. The van der Waals surface area contributed by atoms with Crippen molar-refractivity contribution in [2.24, 2.45) is 5.92 Å². The zero-order valence-corrected chi connectivity index (χ0v) is 20.1. The van der Waals surface area contributed by atoms with Crippen LogP contribution >= 0.6 is 0 Å². The van der Waals surface area contributed by atoms with Gasteiger partial charge < -0.3 is 20.1 Å². The number of β-amino-alcohol motifs (C(OH)–C–C–N with tert-alkyl or cyclic N) is 1. The molecule has 2 heterocycles. The lowest BCUT2D eigenvalue weighted by Crippen LogP contribution is -2.60. The molecule has 1 aromatic rings. The van der Waals surface area contributed by atoms with Crippen LogP contribution in [0.4, 0.5) is 14.5 Å². The molecule has 0 aromatic heterocycles. The monoisotopic (exact) mass is 480 g/mol. The summed E-state index contributed by atoms with van der Waals surface area (Å²) in [7, 11) is 1.69. The quantitative estimate of drug-likeness (QED) is 0.565. The molecule has 1 saturated carbocycles. The minimum Gasteiger partial charge on any atom is -0.495 e. The van der Waals surface area contributed by atoms with Gasteiger partial charge in [0.1, 0.15) is 5.75 Å². The Bertz CT molecular complexity index is 803. The minimum atomic E-state index is -2.53. The first kappa shape index (κ1) is 25.1. The Hall–Kier alpha value is -1.97. The summed E-state index contributed by atoms with van der Waals surface area (Å²) in [6.07, 6.45) is 3.14. The predicted octanol–water partition coefficient (Wildman–Crippen LogP) is 2.19. The number of piperazine rings is 1. The summed E-state index contributed by atoms with van der Waals surface area (Å²) in [5, 5.41) is 13.4. The molecule has 2 N–H and O–H groups in total. The van der Waals surface area contributed by atoms with Gasteiger partial charge in [0.25, 0.3) is 5.92 Å². The van der Waals surface area contributed by atoms with Crippen LogP contribution in [0.2, 0.25) is 0 Å². The number of rotatable bonds is 9. The molecule has 3 fully saturated rings. The Morgan fingerprint density at radius 1 is 1.15 bits per heavy atom. The molecule has 2 aliphatic heterocycles. The van der Waals surface area contributed by atoms with Crippen LogP contribution in [0, 0.1) is 5.92 Å². The summed E-state index contributed by atoms with van der Waals surface area (Å²) < 4.78 is 31.6. The zero-order chi connectivity index (χ0) is 24.1. The van der Waals surface area contributed by atoms with E-state index >= 15 is 0 Å². The van der Waals surface area contributed by atoms with Gasteiger partial charge in [0.05, 0.1) is 32.0 Å². The first-order chi connectivity index (χ1) is 16.3. The summed E-state index contributed by atoms with van der Waals surface area (Å²) in [6, 6.07) is 8.21. The molecule has 1 amide bonds. The smallest absolute Gasteiger partial charge is 0.272 e. The molecule has 4 rings (SSSR count). The number of aliphatic hydroxyl groups is 1. The fourth-order valence-corrected chi connectivity index (χ4v) is 5.47. The van der Waals surface area contributed by atoms with Crippen molar-refractivity contribution in [2.75, 3.05) is 64.4 Å². The largest absolute Gasteiger partial charge is 0.495 e. The number of nitrogens with zero attached hydrogens (tertiary/aromatic N) is 3. The normalized spacial score (nSPS) is 26.5. The van der Waals surface area contributed by atoms with Crippen molar-refractivity contribution in [1.82, 2.24) is 15.1 Å². The second-order valence-electron chi connectivity index (χ2n) is 9.96. The molecule has 0 radical (unpaired) electrons. The first-order valence-corrected chi connectivity index (χ1v) is 12.5. The fourth-order valence-electron chi connectivity index (χ4n) is 5.47. The topological polar surface area (TPSA) is 68.3 Å². The van der Waals surface area contributed by atoms with Gasteiger partial charge in [-0.2, -0.15) is 0 Å². The van der Waals surface area contributed by atoms with Gasteiger partial charge in [0.15, 0.2) is 0 Å². The number of aliphatic hydroxyl groups excluding tert-OH is 1. The highest BCUT2D eigenvalue weighted by Crippen LogP contribution is 2.35. The number of hydrogen-bond acceptors (Lipinski definition) is 6. The molecule has 34 heavy (non-hydrogen) atoms. The van der Waals surface area contributed by atoms with Crippen LogP contribution in [0.25, 0.3) is 0 Å². The molecule has 1 atom stereocenters. The molecule has 190 valence electrons. The van der Waals surface area contributed by atoms with Gasteiger partial charge in [0, 0.05) is 51.2 Å². The molecule has 0 unspecified atom stereocenters. The standard InChI is InChI=1S/C25H38F2N4O3/c1-34-23-5-3-2-4-22(23)30-14-12-29(13-15-30)16-21(32)10-11-28-24(33)19-6-8-20(9-7-19)31-17-25(26,27)18-31/h2-5,19-21,32H,6-18H2,1H3,(H,28,33)/t19?,20?,21-/m1/s1. The Kier molecular flexibility index (Phi) is 8.26. The average molecular weight is 481 g/mol. The number of likely N-dealkylation sites (tertiary alicyclic amines) is 1. The maximum Gasteiger partial charge on any atom is 0.272 e. The number of para-hydroxylation sites is 2. The number of nitrogens with one attached hydrogen (secondary N) is 1. The van der Waals surface area contributed by atoms with E-state index in [1.54, 1.807) is 7.11 Å². The Labute approximate surface area is 201 Å². The summed E-state index contributed by atoms with van der Waals surface area (Å²) in [5.74, 6) is -1.66. The highest BCUT2D eigenvalue weighted by Gasteiger charge is 2.47. The number of carbonyl (C=O) groups excluding carboxylic acids is 1. The van der Waals surface area contributed by atoms with Crippen LogP contribution in [-0.2, 0) is 4.79 Å². The molecular formula is C25H38F2N4O3. The van der Waals surface area contributed by atoms with Gasteiger partial charge in [-0.15, -0.1) is 0 Å². The molecule has 2 saturated heterocycles. The number of ether oxygens (including phenoxy) is 1. The molecule has 1 aromatic carbocycles. The zero-order valence-electron chi connectivity index (χ0n) is 20.1. The Balaban J connectivity index is 1.09. The van der Waals surface area contributed by atoms with E-state index in [0.29, 0.717) is 19.5 Å². The van der Waals surface area contributed by atoms with Crippen molar-refractivity contribution in [3.63, 3.8) is 0 Å². The van der Waals surface area contributed by atoms with Gasteiger partial charge in [-0.1, -0.05) is 12.1 Å². The van der Waals surface area contributed by atoms with Crippen LogP contribution in [0.1, 0.15) is 32.1 Å². The lowest BCUT2D eigenvalue weighted by atomic mass is 9.83. The summed E-state index contributed by atoms with van der Waals surface area (Å²) >= 11 is 0. The lowest BCUT2D eigenvalue weighted by molar-refractivity contribution is -0.152. The first-order valence-electron chi connectivity index (χ1n) is 12.5. The number of halogens is 2. The van der Waals surface area contributed by atoms with Crippen LogP contribution in [0.3, 0.4) is 0 Å². The molecule has 9 heteroatoms. The van der Waals surface area contributed by atoms with Crippen molar-refractivity contribution in [1.29, 1.82) is 0 Å². The summed E-state index contributed by atoms with van der Waals surface area (Å²) in [4.78, 5) is 18.9. The van der Waals surface area contributed by atoms with E-state index in [4.69, 9.17) is 4.74 Å². The third-order valence-corrected chi connectivity index (χ3v) is 7.50. The number of benzene rings is 1. The maximum absolute atomic E-state index is 13.1.